The zero-order valence-corrected chi connectivity index (χ0v) is 17.8. The second kappa shape index (κ2) is 10.3. The highest BCUT2D eigenvalue weighted by molar-refractivity contribution is 14.0. The van der Waals surface area contributed by atoms with Crippen molar-refractivity contribution >= 4 is 35.8 Å². The van der Waals surface area contributed by atoms with Gasteiger partial charge in [-0.2, -0.15) is 5.10 Å². The van der Waals surface area contributed by atoms with Crippen LogP contribution in [0.4, 0.5) is 5.82 Å². The van der Waals surface area contributed by atoms with Crippen LogP contribution in [0.15, 0.2) is 35.6 Å². The van der Waals surface area contributed by atoms with Gasteiger partial charge in [-0.25, -0.2) is 4.98 Å². The molecule has 0 unspecified atom stereocenters. The molecule has 0 saturated carbocycles. The first-order valence-electron chi connectivity index (χ1n) is 8.87. The maximum absolute atomic E-state index is 4.53. The molecule has 3 heterocycles. The van der Waals surface area contributed by atoms with Crippen LogP contribution >= 0.6 is 24.0 Å². The molecule has 26 heavy (non-hydrogen) atoms. The molecular weight excluding hydrogens is 441 g/mol. The molecule has 0 aromatic carbocycles. The van der Waals surface area contributed by atoms with Crippen LogP contribution < -0.4 is 15.5 Å². The van der Waals surface area contributed by atoms with Gasteiger partial charge in [0.2, 0.25) is 0 Å². The Morgan fingerprint density at radius 1 is 1.12 bits per heavy atom. The summed E-state index contributed by atoms with van der Waals surface area (Å²) in [6.45, 7) is 3.62. The Kier molecular flexibility index (Phi) is 8.14. The van der Waals surface area contributed by atoms with Crippen molar-refractivity contribution in [3.8, 4) is 0 Å². The predicted octanol–water partition coefficient (Wildman–Crippen LogP) is 2.29. The van der Waals surface area contributed by atoms with E-state index in [1.54, 1.807) is 13.2 Å². The zero-order valence-electron chi connectivity index (χ0n) is 15.5. The summed E-state index contributed by atoms with van der Waals surface area (Å²) in [5, 5.41) is 10.8. The number of anilines is 1. The lowest BCUT2D eigenvalue weighted by Gasteiger charge is -2.28. The maximum Gasteiger partial charge on any atom is 0.191 e. The third-order valence-electron chi connectivity index (χ3n) is 4.53. The molecule has 142 valence electrons. The smallest absolute Gasteiger partial charge is 0.191 e. The van der Waals surface area contributed by atoms with Gasteiger partial charge in [0.1, 0.15) is 5.82 Å². The van der Waals surface area contributed by atoms with Crippen molar-refractivity contribution < 1.29 is 0 Å². The van der Waals surface area contributed by atoms with E-state index in [2.05, 4.69) is 42.7 Å². The van der Waals surface area contributed by atoms with Crippen LogP contribution in [0, 0.1) is 0 Å². The number of pyridine rings is 1. The fourth-order valence-electron chi connectivity index (χ4n) is 3.02. The molecule has 8 heteroatoms. The summed E-state index contributed by atoms with van der Waals surface area (Å²) < 4.78 is 1.86. The standard InChI is InChI=1S/C18H27N7.HI/c1-19-18(22-14-16-7-9-23-24(16)2)21-13-15-6-8-20-17(12-15)25-10-4-3-5-11-25;/h6-9,12H,3-5,10-11,13-14H2,1-2H3,(H2,19,21,22);1H. The van der Waals surface area contributed by atoms with Crippen molar-refractivity contribution in [2.45, 2.75) is 32.4 Å². The number of nitrogens with one attached hydrogen (secondary N) is 2. The number of hydrogen-bond donors (Lipinski definition) is 2. The van der Waals surface area contributed by atoms with Crippen molar-refractivity contribution in [1.29, 1.82) is 0 Å². The Balaban J connectivity index is 0.00000243. The lowest BCUT2D eigenvalue weighted by atomic mass is 10.1. The average Bonchev–Trinajstić information content (AvgIpc) is 3.08. The monoisotopic (exact) mass is 469 g/mol. The lowest BCUT2D eigenvalue weighted by Crippen LogP contribution is -2.36. The number of hydrogen-bond acceptors (Lipinski definition) is 4. The first-order valence-corrected chi connectivity index (χ1v) is 8.87. The number of piperidine rings is 1. The molecule has 7 nitrogen and oxygen atoms in total. The van der Waals surface area contributed by atoms with Crippen molar-refractivity contribution in [1.82, 2.24) is 25.4 Å². The highest BCUT2D eigenvalue weighted by Crippen LogP contribution is 2.18. The number of halogens is 1. The molecule has 1 saturated heterocycles. The fourth-order valence-corrected chi connectivity index (χ4v) is 3.02. The van der Waals surface area contributed by atoms with Gasteiger partial charge in [0.15, 0.2) is 5.96 Å². The van der Waals surface area contributed by atoms with Gasteiger partial charge in [0, 0.05) is 46.1 Å². The Morgan fingerprint density at radius 3 is 2.58 bits per heavy atom. The van der Waals surface area contributed by atoms with Gasteiger partial charge in [0.05, 0.1) is 12.2 Å². The SMILES string of the molecule is CN=C(NCc1ccnc(N2CCCCC2)c1)NCc1ccnn1C.I. The Morgan fingerprint density at radius 2 is 1.88 bits per heavy atom. The van der Waals surface area contributed by atoms with Gasteiger partial charge >= 0.3 is 0 Å². The summed E-state index contributed by atoms with van der Waals surface area (Å²) in [5.74, 6) is 1.86. The fraction of sp³-hybridized carbons (Fsp3) is 0.500. The molecule has 2 aromatic heterocycles. The molecule has 0 amide bonds. The molecule has 0 atom stereocenters. The molecule has 0 aliphatic carbocycles. The van der Waals surface area contributed by atoms with Gasteiger partial charge in [-0.1, -0.05) is 0 Å². The van der Waals surface area contributed by atoms with E-state index in [4.69, 9.17) is 0 Å². The summed E-state index contributed by atoms with van der Waals surface area (Å²) in [4.78, 5) is 11.2. The highest BCUT2D eigenvalue weighted by Gasteiger charge is 2.12. The summed E-state index contributed by atoms with van der Waals surface area (Å²) in [6.07, 6.45) is 7.54. The van der Waals surface area contributed by atoms with Gasteiger partial charge in [0.25, 0.3) is 0 Å². The summed E-state index contributed by atoms with van der Waals surface area (Å²) >= 11 is 0. The van der Waals surface area contributed by atoms with E-state index in [1.165, 1.54) is 24.8 Å². The van der Waals surface area contributed by atoms with Crippen molar-refractivity contribution in [3.05, 3.63) is 41.9 Å². The van der Waals surface area contributed by atoms with Gasteiger partial charge < -0.3 is 15.5 Å². The molecule has 1 aliphatic rings. The molecule has 2 N–H and O–H groups in total. The van der Waals surface area contributed by atoms with Crippen molar-refractivity contribution in [2.75, 3.05) is 25.0 Å². The van der Waals surface area contributed by atoms with Crippen LogP contribution in [0.2, 0.25) is 0 Å². The van der Waals surface area contributed by atoms with Crippen molar-refractivity contribution in [3.63, 3.8) is 0 Å². The molecule has 0 radical (unpaired) electrons. The molecule has 0 bridgehead atoms. The summed E-state index contributed by atoms with van der Waals surface area (Å²) in [5.41, 5.74) is 2.32. The largest absolute Gasteiger partial charge is 0.357 e. The Labute approximate surface area is 172 Å². The highest BCUT2D eigenvalue weighted by atomic mass is 127. The number of rotatable bonds is 5. The van der Waals surface area contributed by atoms with Crippen LogP contribution in [0.25, 0.3) is 0 Å². The second-order valence-corrected chi connectivity index (χ2v) is 6.30. The molecule has 0 spiro atoms. The Hall–Kier alpha value is -1.84. The maximum atomic E-state index is 4.53. The molecule has 2 aromatic rings. The second-order valence-electron chi connectivity index (χ2n) is 6.30. The first kappa shape index (κ1) is 20.5. The topological polar surface area (TPSA) is 70.4 Å². The van der Waals surface area contributed by atoms with Crippen LogP contribution in [-0.2, 0) is 20.1 Å². The van der Waals surface area contributed by atoms with Crippen LogP contribution in [0.5, 0.6) is 0 Å². The van der Waals surface area contributed by atoms with E-state index in [9.17, 15) is 0 Å². The van der Waals surface area contributed by atoms with E-state index >= 15 is 0 Å². The van der Waals surface area contributed by atoms with E-state index in [-0.39, 0.29) is 24.0 Å². The third-order valence-corrected chi connectivity index (χ3v) is 4.53. The number of guanidine groups is 1. The van der Waals surface area contributed by atoms with Gasteiger partial charge in [-0.3, -0.25) is 9.67 Å². The zero-order chi connectivity index (χ0) is 17.5. The molecule has 3 rings (SSSR count). The van der Waals surface area contributed by atoms with Crippen LogP contribution in [0.3, 0.4) is 0 Å². The normalized spacial score (nSPS) is 14.7. The third kappa shape index (κ3) is 5.58. The minimum atomic E-state index is 0. The van der Waals surface area contributed by atoms with Gasteiger partial charge in [-0.15, -0.1) is 24.0 Å². The average molecular weight is 469 g/mol. The molecule has 1 fully saturated rings. The first-order chi connectivity index (χ1) is 12.3. The molecule has 1 aliphatic heterocycles. The number of aryl methyl sites for hydroxylation is 1. The number of aliphatic imine (C=N–C) groups is 1. The van der Waals surface area contributed by atoms with Gasteiger partial charge in [-0.05, 0) is 43.0 Å². The number of aromatic nitrogens is 3. The van der Waals surface area contributed by atoms with E-state index < -0.39 is 0 Å². The van der Waals surface area contributed by atoms with Crippen LogP contribution in [0.1, 0.15) is 30.5 Å². The predicted molar refractivity (Wildman–Crippen MR) is 116 cm³/mol. The van der Waals surface area contributed by atoms with E-state index in [0.717, 1.165) is 30.6 Å². The lowest BCUT2D eigenvalue weighted by molar-refractivity contribution is 0.573. The van der Waals surface area contributed by atoms with Crippen LogP contribution in [-0.4, -0.2) is 40.9 Å². The van der Waals surface area contributed by atoms with E-state index in [1.807, 2.05) is 24.0 Å². The number of nitrogens with zero attached hydrogens (tertiary/aromatic N) is 5. The summed E-state index contributed by atoms with van der Waals surface area (Å²) in [6, 6.07) is 6.22. The van der Waals surface area contributed by atoms with Crippen molar-refractivity contribution in [2.24, 2.45) is 12.0 Å². The summed E-state index contributed by atoms with van der Waals surface area (Å²) in [7, 11) is 3.72. The van der Waals surface area contributed by atoms with E-state index in [0.29, 0.717) is 13.1 Å². The Bertz CT molecular complexity index is 707. The minimum absolute atomic E-state index is 0. The minimum Gasteiger partial charge on any atom is -0.357 e. The quantitative estimate of drug-likeness (QED) is 0.400. The molecular formula is C18H28IN7.